The van der Waals surface area contributed by atoms with Crippen LogP contribution in [0.3, 0.4) is 0 Å². The van der Waals surface area contributed by atoms with Crippen LogP contribution in [0.25, 0.3) is 0 Å². The van der Waals surface area contributed by atoms with Crippen molar-refractivity contribution in [1.29, 1.82) is 0 Å². The fourth-order valence-corrected chi connectivity index (χ4v) is 4.06. The molecule has 0 saturated heterocycles. The van der Waals surface area contributed by atoms with Gasteiger partial charge in [-0.05, 0) is 44.7 Å². The molecule has 26 heavy (non-hydrogen) atoms. The van der Waals surface area contributed by atoms with Crippen LogP contribution in [0.1, 0.15) is 32.6 Å². The Morgan fingerprint density at radius 2 is 1.92 bits per heavy atom. The van der Waals surface area contributed by atoms with E-state index in [-0.39, 0.29) is 11.9 Å². The van der Waals surface area contributed by atoms with Gasteiger partial charge in [0.25, 0.3) is 0 Å². The third-order valence-corrected chi connectivity index (χ3v) is 5.87. The number of ether oxygens (including phenoxy) is 1. The Labute approximate surface area is 158 Å². The molecule has 1 aliphatic rings. The Kier molecular flexibility index (Phi) is 8.61. The summed E-state index contributed by atoms with van der Waals surface area (Å²) in [5, 5.41) is 6.62. The Morgan fingerprint density at radius 1 is 1.23 bits per heavy atom. The average Bonchev–Trinajstić information content (AvgIpc) is 2.68. The van der Waals surface area contributed by atoms with Crippen molar-refractivity contribution in [3.05, 3.63) is 30.3 Å². The van der Waals surface area contributed by atoms with E-state index in [0.29, 0.717) is 24.9 Å². The maximum Gasteiger partial charge on any atom is 0.308 e. The standard InChI is InChI=1S/C19H29N3O3S/c1-3-25-18(23)15-9-11-16(12-10-15)22-19(20-2)21-13-14-26(24)17-7-5-4-6-8-17/h4-8,15-16H,3,9-14H2,1-2H3,(H2,20,21,22). The Morgan fingerprint density at radius 3 is 2.54 bits per heavy atom. The largest absolute Gasteiger partial charge is 0.466 e. The van der Waals surface area contributed by atoms with Gasteiger partial charge >= 0.3 is 5.97 Å². The van der Waals surface area contributed by atoms with Gasteiger partial charge < -0.3 is 15.4 Å². The van der Waals surface area contributed by atoms with Crippen LogP contribution in [-0.4, -0.2) is 48.1 Å². The molecule has 0 heterocycles. The molecule has 0 radical (unpaired) electrons. The number of nitrogens with one attached hydrogen (secondary N) is 2. The predicted octanol–water partition coefficient (Wildman–Crippen LogP) is 2.08. The van der Waals surface area contributed by atoms with E-state index in [1.54, 1.807) is 7.05 Å². The van der Waals surface area contributed by atoms with E-state index in [0.717, 1.165) is 36.5 Å². The molecule has 0 spiro atoms. The summed E-state index contributed by atoms with van der Waals surface area (Å²) in [7, 11) is 0.713. The third kappa shape index (κ3) is 6.44. The van der Waals surface area contributed by atoms with Gasteiger partial charge in [0, 0.05) is 30.3 Å². The highest BCUT2D eigenvalue weighted by Crippen LogP contribution is 2.25. The zero-order valence-electron chi connectivity index (χ0n) is 15.6. The zero-order valence-corrected chi connectivity index (χ0v) is 16.4. The van der Waals surface area contributed by atoms with Gasteiger partial charge in [-0.25, -0.2) is 0 Å². The van der Waals surface area contributed by atoms with Crippen LogP contribution in [0.2, 0.25) is 0 Å². The Hall–Kier alpha value is -1.89. The zero-order chi connectivity index (χ0) is 18.8. The molecule has 0 aliphatic heterocycles. The highest BCUT2D eigenvalue weighted by molar-refractivity contribution is 7.85. The maximum absolute atomic E-state index is 12.2. The predicted molar refractivity (Wildman–Crippen MR) is 105 cm³/mol. The molecular formula is C19H29N3O3S. The summed E-state index contributed by atoms with van der Waals surface area (Å²) < 4.78 is 17.3. The van der Waals surface area contributed by atoms with E-state index in [1.807, 2.05) is 37.3 Å². The number of carbonyl (C=O) groups excluding carboxylic acids is 1. The Balaban J connectivity index is 1.70. The van der Waals surface area contributed by atoms with Gasteiger partial charge in [-0.3, -0.25) is 14.0 Å². The van der Waals surface area contributed by atoms with Crippen LogP contribution in [0.4, 0.5) is 0 Å². The first kappa shape index (κ1) is 20.4. The van der Waals surface area contributed by atoms with Crippen molar-refractivity contribution in [2.24, 2.45) is 10.9 Å². The van der Waals surface area contributed by atoms with E-state index in [9.17, 15) is 9.00 Å². The smallest absolute Gasteiger partial charge is 0.308 e. The second kappa shape index (κ2) is 11.0. The van der Waals surface area contributed by atoms with Gasteiger partial charge in [0.2, 0.25) is 0 Å². The van der Waals surface area contributed by atoms with Gasteiger partial charge in [0.15, 0.2) is 5.96 Å². The number of guanidine groups is 1. The van der Waals surface area contributed by atoms with Crippen LogP contribution in [0.5, 0.6) is 0 Å². The lowest BCUT2D eigenvalue weighted by atomic mass is 9.86. The van der Waals surface area contributed by atoms with Crippen LogP contribution in [-0.2, 0) is 20.3 Å². The van der Waals surface area contributed by atoms with Gasteiger partial charge in [0.05, 0.1) is 23.3 Å². The second-order valence-corrected chi connectivity index (χ2v) is 7.88. The second-order valence-electron chi connectivity index (χ2n) is 6.31. The fraction of sp³-hybridized carbons (Fsp3) is 0.579. The summed E-state index contributed by atoms with van der Waals surface area (Å²) in [6, 6.07) is 9.77. The third-order valence-electron chi connectivity index (χ3n) is 4.50. The first-order valence-corrected chi connectivity index (χ1v) is 10.5. The number of esters is 1. The molecular weight excluding hydrogens is 350 g/mol. The summed E-state index contributed by atoms with van der Waals surface area (Å²) in [4.78, 5) is 16.9. The highest BCUT2D eigenvalue weighted by Gasteiger charge is 2.27. The van der Waals surface area contributed by atoms with E-state index < -0.39 is 10.8 Å². The van der Waals surface area contributed by atoms with Gasteiger partial charge in [-0.2, -0.15) is 0 Å². The van der Waals surface area contributed by atoms with Crippen LogP contribution in [0.15, 0.2) is 40.2 Å². The van der Waals surface area contributed by atoms with E-state index in [2.05, 4.69) is 15.6 Å². The normalized spacial score (nSPS) is 21.7. The van der Waals surface area contributed by atoms with Crippen LogP contribution < -0.4 is 10.6 Å². The summed E-state index contributed by atoms with van der Waals surface area (Å²) in [6.07, 6.45) is 3.51. The molecule has 0 amide bonds. The minimum absolute atomic E-state index is 0.0243. The number of aliphatic imine (C=N–C) groups is 1. The Bertz CT molecular complexity index is 614. The molecule has 1 aliphatic carbocycles. The summed E-state index contributed by atoms with van der Waals surface area (Å²) in [6.45, 7) is 2.86. The van der Waals surface area contributed by atoms with Crippen LogP contribution in [0, 0.1) is 5.92 Å². The lowest BCUT2D eigenvalue weighted by Crippen LogP contribution is -2.46. The molecule has 1 saturated carbocycles. The molecule has 1 unspecified atom stereocenters. The first-order chi connectivity index (χ1) is 12.6. The molecule has 1 atom stereocenters. The fourth-order valence-electron chi connectivity index (χ4n) is 3.07. The van der Waals surface area contributed by atoms with E-state index in [4.69, 9.17) is 4.74 Å². The number of benzene rings is 1. The van der Waals surface area contributed by atoms with E-state index in [1.165, 1.54) is 0 Å². The minimum atomic E-state index is -1.02. The molecule has 0 aromatic heterocycles. The quantitative estimate of drug-likeness (QED) is 0.431. The molecule has 2 rings (SSSR count). The van der Waals surface area contributed by atoms with Crippen molar-refractivity contribution in [1.82, 2.24) is 10.6 Å². The number of hydrogen-bond acceptors (Lipinski definition) is 4. The topological polar surface area (TPSA) is 79.8 Å². The highest BCUT2D eigenvalue weighted by atomic mass is 32.2. The molecule has 7 heteroatoms. The number of carbonyl (C=O) groups is 1. The van der Waals surface area contributed by atoms with Crippen molar-refractivity contribution in [2.45, 2.75) is 43.5 Å². The molecule has 6 nitrogen and oxygen atoms in total. The van der Waals surface area contributed by atoms with Crippen LogP contribution >= 0.6 is 0 Å². The van der Waals surface area contributed by atoms with Crippen molar-refractivity contribution in [3.63, 3.8) is 0 Å². The van der Waals surface area contributed by atoms with Crippen molar-refractivity contribution in [2.75, 3.05) is 26.0 Å². The molecule has 1 fully saturated rings. The average molecular weight is 380 g/mol. The SMILES string of the molecule is CCOC(=O)C1CCC(NC(=NC)NCCS(=O)c2ccccc2)CC1. The van der Waals surface area contributed by atoms with Gasteiger partial charge in [-0.15, -0.1) is 0 Å². The minimum Gasteiger partial charge on any atom is -0.466 e. The number of rotatable bonds is 7. The molecule has 144 valence electrons. The summed E-state index contributed by atoms with van der Waals surface area (Å²) in [5.74, 6) is 1.20. The number of nitrogens with zero attached hydrogens (tertiary/aromatic N) is 1. The molecule has 1 aromatic rings. The van der Waals surface area contributed by atoms with Gasteiger partial charge in [0.1, 0.15) is 0 Å². The van der Waals surface area contributed by atoms with Gasteiger partial charge in [-0.1, -0.05) is 18.2 Å². The van der Waals surface area contributed by atoms with Crippen molar-refractivity contribution < 1.29 is 13.7 Å². The lowest BCUT2D eigenvalue weighted by molar-refractivity contribution is -0.149. The van der Waals surface area contributed by atoms with Crippen molar-refractivity contribution in [3.8, 4) is 0 Å². The maximum atomic E-state index is 12.2. The summed E-state index contributed by atoms with van der Waals surface area (Å²) >= 11 is 0. The van der Waals surface area contributed by atoms with Crippen molar-refractivity contribution >= 4 is 22.7 Å². The molecule has 1 aromatic carbocycles. The lowest BCUT2D eigenvalue weighted by Gasteiger charge is -2.29. The number of hydrogen-bond donors (Lipinski definition) is 2. The molecule has 2 N–H and O–H groups in total. The summed E-state index contributed by atoms with van der Waals surface area (Å²) in [5.41, 5.74) is 0. The first-order valence-electron chi connectivity index (χ1n) is 9.21. The van der Waals surface area contributed by atoms with E-state index >= 15 is 0 Å². The molecule has 0 bridgehead atoms. The monoisotopic (exact) mass is 379 g/mol.